The van der Waals surface area contributed by atoms with Gasteiger partial charge >= 0.3 is 0 Å². The first kappa shape index (κ1) is 16.6. The van der Waals surface area contributed by atoms with Crippen LogP contribution < -0.4 is 0 Å². The summed E-state index contributed by atoms with van der Waals surface area (Å²) >= 11 is 0. The molecule has 1 aliphatic heterocycles. The van der Waals surface area contributed by atoms with Crippen LogP contribution in [0.4, 0.5) is 0 Å². The van der Waals surface area contributed by atoms with Crippen molar-refractivity contribution in [1.29, 1.82) is 0 Å². The fourth-order valence-corrected chi connectivity index (χ4v) is 3.77. The second-order valence-electron chi connectivity index (χ2n) is 6.99. The monoisotopic (exact) mass is 368 g/mol. The van der Waals surface area contributed by atoms with Crippen LogP contribution in [-0.4, -0.2) is 38.7 Å². The molecule has 0 spiro atoms. The van der Waals surface area contributed by atoms with Crippen molar-refractivity contribution >= 4 is 22.4 Å². The van der Waals surface area contributed by atoms with Gasteiger partial charge in [0.1, 0.15) is 0 Å². The van der Waals surface area contributed by atoms with Crippen molar-refractivity contribution in [2.45, 2.75) is 6.42 Å². The molecule has 0 atom stereocenters. The van der Waals surface area contributed by atoms with E-state index in [0.717, 1.165) is 17.6 Å². The first-order valence-corrected chi connectivity index (χ1v) is 9.44. The van der Waals surface area contributed by atoms with Gasteiger partial charge in [0.25, 0.3) is 5.91 Å². The molecule has 3 heterocycles. The topological polar surface area (TPSA) is 53.9 Å². The van der Waals surface area contributed by atoms with Crippen molar-refractivity contribution in [3.8, 4) is 5.69 Å². The number of carbonyl (C=O) groups excluding carboxylic acids is 1. The number of benzene rings is 2. The summed E-state index contributed by atoms with van der Waals surface area (Å²) in [6, 6.07) is 18.1. The summed E-state index contributed by atoms with van der Waals surface area (Å²) in [5, 5.41) is 5.58. The van der Waals surface area contributed by atoms with E-state index in [0.29, 0.717) is 18.7 Å². The molecule has 2 aromatic heterocycles. The summed E-state index contributed by atoms with van der Waals surface area (Å²) in [6.07, 6.45) is 8.53. The molecule has 0 unspecified atom stereocenters. The van der Waals surface area contributed by atoms with E-state index in [9.17, 15) is 4.79 Å². The van der Waals surface area contributed by atoms with Crippen LogP contribution >= 0.6 is 0 Å². The Bertz CT molecular complexity index is 1170. The van der Waals surface area contributed by atoms with Crippen LogP contribution in [0.15, 0.2) is 79.3 Å². The lowest BCUT2D eigenvalue weighted by atomic mass is 9.98. The fraction of sp³-hybridized carbons (Fsp3) is 0.130. The maximum Gasteiger partial charge on any atom is 0.257 e. The van der Waals surface area contributed by atoms with Gasteiger partial charge in [0.15, 0.2) is 0 Å². The van der Waals surface area contributed by atoms with Gasteiger partial charge in [-0.3, -0.25) is 4.79 Å². The number of hydrogen-bond donors (Lipinski definition) is 1. The van der Waals surface area contributed by atoms with E-state index in [1.54, 1.807) is 17.1 Å². The smallest absolute Gasteiger partial charge is 0.257 e. The summed E-state index contributed by atoms with van der Waals surface area (Å²) in [4.78, 5) is 18.1. The number of fused-ring (bicyclic) bond motifs is 1. The van der Waals surface area contributed by atoms with Crippen molar-refractivity contribution in [1.82, 2.24) is 19.7 Å². The average molecular weight is 368 g/mol. The van der Waals surface area contributed by atoms with Crippen LogP contribution in [-0.2, 0) is 0 Å². The quantitative estimate of drug-likeness (QED) is 0.587. The second kappa shape index (κ2) is 6.85. The van der Waals surface area contributed by atoms with E-state index < -0.39 is 0 Å². The summed E-state index contributed by atoms with van der Waals surface area (Å²) in [6.45, 7) is 1.32. The summed E-state index contributed by atoms with van der Waals surface area (Å²) < 4.78 is 1.74. The molecule has 1 amide bonds. The minimum atomic E-state index is 0.0245. The molecule has 4 aromatic rings. The summed E-state index contributed by atoms with van der Waals surface area (Å²) in [7, 11) is 0. The van der Waals surface area contributed by atoms with Gasteiger partial charge in [0, 0.05) is 41.9 Å². The first-order valence-electron chi connectivity index (χ1n) is 9.44. The second-order valence-corrected chi connectivity index (χ2v) is 6.99. The highest BCUT2D eigenvalue weighted by molar-refractivity contribution is 5.96. The zero-order valence-electron chi connectivity index (χ0n) is 15.4. The van der Waals surface area contributed by atoms with E-state index in [1.165, 1.54) is 16.5 Å². The number of H-pyrrole nitrogens is 1. The Morgan fingerprint density at radius 3 is 2.68 bits per heavy atom. The van der Waals surface area contributed by atoms with Crippen molar-refractivity contribution in [2.24, 2.45) is 0 Å². The van der Waals surface area contributed by atoms with Crippen LogP contribution in [0, 0.1) is 0 Å². The number of nitrogens with one attached hydrogen (secondary N) is 1. The van der Waals surface area contributed by atoms with E-state index in [-0.39, 0.29) is 5.91 Å². The number of aromatic amines is 1. The Morgan fingerprint density at radius 2 is 1.86 bits per heavy atom. The van der Waals surface area contributed by atoms with Crippen LogP contribution in [0.2, 0.25) is 0 Å². The third kappa shape index (κ3) is 2.91. The van der Waals surface area contributed by atoms with Gasteiger partial charge in [-0.05, 0) is 30.2 Å². The van der Waals surface area contributed by atoms with E-state index >= 15 is 0 Å². The third-order valence-corrected chi connectivity index (χ3v) is 5.28. The number of amides is 1. The minimum absolute atomic E-state index is 0.0245. The molecule has 5 rings (SSSR count). The van der Waals surface area contributed by atoms with Crippen LogP contribution in [0.3, 0.4) is 0 Å². The Balaban J connectivity index is 1.34. The van der Waals surface area contributed by atoms with Gasteiger partial charge in [-0.25, -0.2) is 4.68 Å². The minimum Gasteiger partial charge on any atom is -0.361 e. The largest absolute Gasteiger partial charge is 0.361 e. The maximum atomic E-state index is 12.9. The molecule has 5 nitrogen and oxygen atoms in total. The molecule has 0 bridgehead atoms. The van der Waals surface area contributed by atoms with E-state index in [2.05, 4.69) is 40.6 Å². The van der Waals surface area contributed by atoms with Gasteiger partial charge in [-0.2, -0.15) is 5.10 Å². The Hall–Kier alpha value is -3.60. The molecule has 0 saturated heterocycles. The molecule has 0 fully saturated rings. The molecule has 28 heavy (non-hydrogen) atoms. The van der Waals surface area contributed by atoms with Crippen LogP contribution in [0.1, 0.15) is 22.3 Å². The number of hydrogen-bond acceptors (Lipinski definition) is 2. The number of aromatic nitrogens is 3. The predicted octanol–water partition coefficient (Wildman–Crippen LogP) is 4.28. The lowest BCUT2D eigenvalue weighted by molar-refractivity contribution is 0.0773. The highest BCUT2D eigenvalue weighted by atomic mass is 16.2. The molecular formula is C23H20N4O. The van der Waals surface area contributed by atoms with E-state index in [1.807, 2.05) is 41.3 Å². The van der Waals surface area contributed by atoms with E-state index in [4.69, 9.17) is 0 Å². The molecule has 5 heteroatoms. The number of para-hydroxylation sites is 2. The van der Waals surface area contributed by atoms with Gasteiger partial charge in [-0.1, -0.05) is 42.5 Å². The van der Waals surface area contributed by atoms with Crippen molar-refractivity contribution in [3.05, 3.63) is 90.4 Å². The zero-order valence-corrected chi connectivity index (χ0v) is 15.4. The number of carbonyl (C=O) groups is 1. The van der Waals surface area contributed by atoms with Crippen molar-refractivity contribution < 1.29 is 4.79 Å². The maximum absolute atomic E-state index is 12.9. The number of rotatable bonds is 3. The molecular weight excluding hydrogens is 348 g/mol. The lowest BCUT2D eigenvalue weighted by Gasteiger charge is -2.26. The standard InChI is InChI=1S/C23H20N4O/c28-23(18-14-25-27(16-18)19-6-2-1-3-7-19)26-12-10-17(11-13-26)21-15-24-22-9-5-4-8-20(21)22/h1-10,14-16,24H,11-13H2. The summed E-state index contributed by atoms with van der Waals surface area (Å²) in [5.41, 5.74) is 5.24. The Labute approximate surface area is 162 Å². The Morgan fingerprint density at radius 1 is 1.04 bits per heavy atom. The molecule has 0 radical (unpaired) electrons. The lowest BCUT2D eigenvalue weighted by Crippen LogP contribution is -2.34. The fourth-order valence-electron chi connectivity index (χ4n) is 3.77. The third-order valence-electron chi connectivity index (χ3n) is 5.28. The highest BCUT2D eigenvalue weighted by Gasteiger charge is 2.21. The van der Waals surface area contributed by atoms with Crippen LogP contribution in [0.5, 0.6) is 0 Å². The zero-order chi connectivity index (χ0) is 18.9. The predicted molar refractivity (Wildman–Crippen MR) is 110 cm³/mol. The van der Waals surface area contributed by atoms with Gasteiger partial charge in [-0.15, -0.1) is 0 Å². The average Bonchev–Trinajstić information content (AvgIpc) is 3.42. The highest BCUT2D eigenvalue weighted by Crippen LogP contribution is 2.29. The Kier molecular flexibility index (Phi) is 4.05. The van der Waals surface area contributed by atoms with Gasteiger partial charge in [0.2, 0.25) is 0 Å². The summed E-state index contributed by atoms with van der Waals surface area (Å²) in [5.74, 6) is 0.0245. The molecule has 0 saturated carbocycles. The first-order chi connectivity index (χ1) is 13.8. The van der Waals surface area contributed by atoms with Gasteiger partial charge in [0.05, 0.1) is 17.4 Å². The van der Waals surface area contributed by atoms with Crippen LogP contribution in [0.25, 0.3) is 22.2 Å². The van der Waals surface area contributed by atoms with Crippen molar-refractivity contribution in [2.75, 3.05) is 13.1 Å². The molecule has 1 aliphatic rings. The SMILES string of the molecule is O=C(c1cnn(-c2ccccc2)c1)N1CC=C(c2c[nH]c3ccccc23)CC1. The molecule has 138 valence electrons. The number of nitrogens with zero attached hydrogens (tertiary/aromatic N) is 3. The normalized spacial score (nSPS) is 14.3. The molecule has 0 aliphatic carbocycles. The molecule has 2 aromatic carbocycles. The van der Waals surface area contributed by atoms with Gasteiger partial charge < -0.3 is 9.88 Å². The van der Waals surface area contributed by atoms with Crippen molar-refractivity contribution in [3.63, 3.8) is 0 Å². The molecule has 1 N–H and O–H groups in total.